The van der Waals surface area contributed by atoms with Crippen LogP contribution < -0.4 is 9.46 Å². The molecular weight excluding hydrogens is 323 g/mol. The largest absolute Gasteiger partial charge is 0.573 e. The van der Waals surface area contributed by atoms with E-state index < -0.39 is 28.2 Å². The molecular formula is C13H16F3NO4S. The van der Waals surface area contributed by atoms with Crippen LogP contribution in [0.2, 0.25) is 0 Å². The van der Waals surface area contributed by atoms with E-state index in [4.69, 9.17) is 0 Å². The molecule has 22 heavy (non-hydrogen) atoms. The number of alkyl halides is 3. The Balaban J connectivity index is 1.91. The van der Waals surface area contributed by atoms with Crippen LogP contribution in [-0.2, 0) is 10.0 Å². The van der Waals surface area contributed by atoms with Gasteiger partial charge in [-0.3, -0.25) is 0 Å². The second-order valence-electron chi connectivity index (χ2n) is 5.11. The Morgan fingerprint density at radius 3 is 2.36 bits per heavy atom. The monoisotopic (exact) mass is 339 g/mol. The number of halogens is 3. The normalized spacial score (nSPS) is 17.3. The van der Waals surface area contributed by atoms with Crippen molar-refractivity contribution >= 4 is 10.0 Å². The van der Waals surface area contributed by atoms with Crippen LogP contribution >= 0.6 is 0 Å². The Labute approximate surface area is 126 Å². The third kappa shape index (κ3) is 5.15. The zero-order valence-electron chi connectivity index (χ0n) is 11.5. The number of rotatable bonds is 7. The van der Waals surface area contributed by atoms with E-state index in [1.54, 1.807) is 0 Å². The van der Waals surface area contributed by atoms with Gasteiger partial charge >= 0.3 is 6.36 Å². The topological polar surface area (TPSA) is 75.6 Å². The number of aliphatic hydroxyl groups is 1. The molecule has 0 aliphatic heterocycles. The molecule has 1 aliphatic carbocycles. The summed E-state index contributed by atoms with van der Waals surface area (Å²) in [6.07, 6.45) is -3.13. The van der Waals surface area contributed by atoms with E-state index in [0.717, 1.165) is 37.1 Å². The van der Waals surface area contributed by atoms with Crippen LogP contribution in [-0.4, -0.2) is 32.5 Å². The fourth-order valence-electron chi connectivity index (χ4n) is 1.96. The summed E-state index contributed by atoms with van der Waals surface area (Å²) in [4.78, 5) is -0.164. The van der Waals surface area contributed by atoms with Gasteiger partial charge in [-0.05, 0) is 49.4 Å². The summed E-state index contributed by atoms with van der Waals surface area (Å²) in [5.74, 6) is -0.237. The molecule has 1 saturated carbocycles. The van der Waals surface area contributed by atoms with Gasteiger partial charge in [0.2, 0.25) is 10.0 Å². The summed E-state index contributed by atoms with van der Waals surface area (Å²) in [5, 5.41) is 9.64. The van der Waals surface area contributed by atoms with Gasteiger partial charge in [-0.15, -0.1) is 13.2 Å². The van der Waals surface area contributed by atoms with Gasteiger partial charge in [-0.1, -0.05) is 0 Å². The van der Waals surface area contributed by atoms with Gasteiger partial charge in [0, 0.05) is 6.54 Å². The van der Waals surface area contributed by atoms with Crippen molar-refractivity contribution in [3.63, 3.8) is 0 Å². The molecule has 0 saturated heterocycles. The Bertz CT molecular complexity index is 597. The van der Waals surface area contributed by atoms with E-state index >= 15 is 0 Å². The lowest BCUT2D eigenvalue weighted by Gasteiger charge is -2.11. The minimum atomic E-state index is -4.82. The predicted octanol–water partition coefficient (Wildman–Crippen LogP) is 2.02. The quantitative estimate of drug-likeness (QED) is 0.797. The Hall–Kier alpha value is -1.32. The molecule has 0 amide bonds. The molecule has 1 atom stereocenters. The molecule has 2 N–H and O–H groups in total. The van der Waals surface area contributed by atoms with Gasteiger partial charge < -0.3 is 9.84 Å². The summed E-state index contributed by atoms with van der Waals surface area (Å²) in [6.45, 7) is 0.0702. The van der Waals surface area contributed by atoms with Crippen molar-refractivity contribution < 1.29 is 31.4 Å². The summed E-state index contributed by atoms with van der Waals surface area (Å²) >= 11 is 0. The van der Waals surface area contributed by atoms with Crippen LogP contribution in [0.25, 0.3) is 0 Å². The average Bonchev–Trinajstić information content (AvgIpc) is 3.21. The molecule has 1 aromatic carbocycles. The van der Waals surface area contributed by atoms with Crippen molar-refractivity contribution in [3.8, 4) is 5.75 Å². The smallest absolute Gasteiger partial charge is 0.406 e. The van der Waals surface area contributed by atoms with E-state index in [-0.39, 0.29) is 17.4 Å². The van der Waals surface area contributed by atoms with Crippen LogP contribution in [0.15, 0.2) is 29.2 Å². The molecule has 2 rings (SSSR count). The summed E-state index contributed by atoms with van der Waals surface area (Å²) in [7, 11) is -3.82. The Morgan fingerprint density at radius 2 is 1.86 bits per heavy atom. The molecule has 0 spiro atoms. The first kappa shape index (κ1) is 17.0. The molecule has 0 radical (unpaired) electrons. The van der Waals surface area contributed by atoms with E-state index in [1.807, 2.05) is 0 Å². The van der Waals surface area contributed by atoms with Crippen molar-refractivity contribution in [3.05, 3.63) is 24.3 Å². The summed E-state index contributed by atoms with van der Waals surface area (Å²) in [5.41, 5.74) is 0. The zero-order valence-corrected chi connectivity index (χ0v) is 12.3. The molecule has 0 bridgehead atoms. The number of aliphatic hydroxyl groups excluding tert-OH is 1. The molecule has 9 heteroatoms. The van der Waals surface area contributed by atoms with Gasteiger partial charge in [-0.25, -0.2) is 13.1 Å². The molecule has 0 heterocycles. The highest BCUT2D eigenvalue weighted by molar-refractivity contribution is 7.89. The van der Waals surface area contributed by atoms with Gasteiger partial charge in [0.05, 0.1) is 11.0 Å². The highest BCUT2D eigenvalue weighted by atomic mass is 32.2. The standard InChI is InChI=1S/C13H16F3NO4S/c14-13(15,16)21-10-3-5-11(6-4-10)22(19,20)17-8-7-12(18)9-1-2-9/h3-6,9,12,17-18H,1-2,7-8H2/t12-/m0/s1. The maximum absolute atomic E-state index is 12.0. The third-order valence-corrected chi connectivity index (χ3v) is 4.74. The summed E-state index contributed by atoms with van der Waals surface area (Å²) < 4.78 is 65.9. The number of benzene rings is 1. The van der Waals surface area contributed by atoms with E-state index in [0.29, 0.717) is 6.42 Å². The maximum Gasteiger partial charge on any atom is 0.573 e. The number of hydrogen-bond donors (Lipinski definition) is 2. The minimum Gasteiger partial charge on any atom is -0.406 e. The lowest BCUT2D eigenvalue weighted by molar-refractivity contribution is -0.274. The second-order valence-corrected chi connectivity index (χ2v) is 6.88. The van der Waals surface area contributed by atoms with Crippen molar-refractivity contribution in [2.24, 2.45) is 5.92 Å². The second kappa shape index (κ2) is 6.43. The highest BCUT2D eigenvalue weighted by Gasteiger charge is 2.31. The number of hydrogen-bond acceptors (Lipinski definition) is 4. The molecule has 1 fully saturated rings. The Kier molecular flexibility index (Phi) is 4.98. The van der Waals surface area contributed by atoms with Gasteiger partial charge in [0.25, 0.3) is 0 Å². The highest BCUT2D eigenvalue weighted by Crippen LogP contribution is 2.33. The fourth-order valence-corrected chi connectivity index (χ4v) is 3.01. The molecule has 0 unspecified atom stereocenters. The van der Waals surface area contributed by atoms with E-state index in [1.165, 1.54) is 0 Å². The SMILES string of the molecule is O=S(=O)(NCC[C@H](O)C1CC1)c1ccc(OC(F)(F)F)cc1. The minimum absolute atomic E-state index is 0.0702. The number of nitrogens with one attached hydrogen (secondary N) is 1. The lowest BCUT2D eigenvalue weighted by Crippen LogP contribution is -2.28. The van der Waals surface area contributed by atoms with Gasteiger partial charge in [0.15, 0.2) is 0 Å². The first-order valence-corrected chi connectivity index (χ1v) is 8.19. The Morgan fingerprint density at radius 1 is 1.27 bits per heavy atom. The van der Waals surface area contributed by atoms with Crippen molar-refractivity contribution in [2.45, 2.75) is 36.6 Å². The molecule has 1 aromatic rings. The molecule has 0 aromatic heterocycles. The van der Waals surface area contributed by atoms with Crippen molar-refractivity contribution in [1.82, 2.24) is 4.72 Å². The maximum atomic E-state index is 12.0. The first-order valence-electron chi connectivity index (χ1n) is 6.71. The third-order valence-electron chi connectivity index (χ3n) is 3.27. The van der Waals surface area contributed by atoms with Gasteiger partial charge in [0.1, 0.15) is 5.75 Å². The average molecular weight is 339 g/mol. The van der Waals surface area contributed by atoms with Gasteiger partial charge in [-0.2, -0.15) is 0 Å². The van der Waals surface area contributed by atoms with E-state index in [2.05, 4.69) is 9.46 Å². The molecule has 124 valence electrons. The molecule has 5 nitrogen and oxygen atoms in total. The van der Waals surface area contributed by atoms with Crippen LogP contribution in [0.1, 0.15) is 19.3 Å². The van der Waals surface area contributed by atoms with E-state index in [9.17, 15) is 26.7 Å². The zero-order chi connectivity index (χ0) is 16.4. The number of sulfonamides is 1. The van der Waals surface area contributed by atoms with Crippen molar-refractivity contribution in [2.75, 3.05) is 6.54 Å². The lowest BCUT2D eigenvalue weighted by atomic mass is 10.2. The van der Waals surface area contributed by atoms with Crippen LogP contribution in [0, 0.1) is 5.92 Å². The number of ether oxygens (including phenoxy) is 1. The first-order chi connectivity index (χ1) is 10.2. The summed E-state index contributed by atoms with van der Waals surface area (Å²) in [6, 6.07) is 3.92. The van der Waals surface area contributed by atoms with Crippen LogP contribution in [0.5, 0.6) is 5.75 Å². The fraction of sp³-hybridized carbons (Fsp3) is 0.538. The predicted molar refractivity (Wildman–Crippen MR) is 71.7 cm³/mol. The van der Waals surface area contributed by atoms with Crippen LogP contribution in [0.4, 0.5) is 13.2 Å². The van der Waals surface area contributed by atoms with Crippen LogP contribution in [0.3, 0.4) is 0 Å². The molecule has 1 aliphatic rings. The van der Waals surface area contributed by atoms with Crippen molar-refractivity contribution in [1.29, 1.82) is 0 Å².